The molecule has 0 fully saturated rings. The Morgan fingerprint density at radius 1 is 0.300 bits per heavy atom. The number of para-hydroxylation sites is 6. The van der Waals surface area contributed by atoms with Crippen molar-refractivity contribution < 1.29 is 8.78 Å². The molecule has 0 atom stereocenters. The zero-order valence-corrected chi connectivity index (χ0v) is 32.0. The van der Waals surface area contributed by atoms with Crippen LogP contribution in [0.4, 0.5) is 42.9 Å². The number of fused-ring (bicyclic) bond motifs is 12. The van der Waals surface area contributed by atoms with Gasteiger partial charge in [-0.15, -0.1) is 0 Å². The summed E-state index contributed by atoms with van der Waals surface area (Å²) in [6, 6.07) is 65.1. The first kappa shape index (κ1) is 33.1. The van der Waals surface area contributed by atoms with Crippen LogP contribution in [0.5, 0.6) is 0 Å². The number of aromatic nitrogens is 2. The minimum atomic E-state index is -0.284. The van der Waals surface area contributed by atoms with Gasteiger partial charge in [0.25, 0.3) is 0 Å². The minimum absolute atomic E-state index is 0.284. The molecule has 9 aromatic carbocycles. The molecule has 0 unspecified atom stereocenters. The van der Waals surface area contributed by atoms with Gasteiger partial charge in [0.15, 0.2) is 0 Å². The molecule has 0 saturated carbocycles. The van der Waals surface area contributed by atoms with Crippen LogP contribution in [0, 0.1) is 11.6 Å². The van der Waals surface area contributed by atoms with E-state index in [1.807, 2.05) is 84.9 Å². The number of rotatable bonds is 6. The molecule has 0 aliphatic rings. The van der Waals surface area contributed by atoms with Crippen molar-refractivity contribution in [1.29, 1.82) is 0 Å². The van der Waals surface area contributed by atoms with E-state index in [1.54, 1.807) is 24.3 Å². The largest absolute Gasteiger partial charge is 0.310 e. The van der Waals surface area contributed by atoms with E-state index >= 15 is 8.78 Å². The molecule has 282 valence electrons. The highest BCUT2D eigenvalue weighted by Gasteiger charge is 2.29. The van der Waals surface area contributed by atoms with Crippen molar-refractivity contribution in [2.75, 3.05) is 9.80 Å². The van der Waals surface area contributed by atoms with Crippen LogP contribution in [0.15, 0.2) is 194 Å². The maximum Gasteiger partial charge on any atom is 0.147 e. The lowest BCUT2D eigenvalue weighted by Gasteiger charge is -2.26. The third-order valence-corrected chi connectivity index (χ3v) is 12.4. The van der Waals surface area contributed by atoms with Crippen LogP contribution in [0.3, 0.4) is 0 Å². The number of benzene rings is 9. The lowest BCUT2D eigenvalue weighted by Crippen LogP contribution is -2.10. The number of nitrogens with zero attached hydrogens (tertiary/aromatic N) is 4. The Bertz CT molecular complexity index is 3450. The molecule has 0 saturated heterocycles. The summed E-state index contributed by atoms with van der Waals surface area (Å²) in [5.41, 5.74) is 10.7. The molecule has 0 spiro atoms. The predicted octanol–water partition coefficient (Wildman–Crippen LogP) is 15.2. The molecule has 13 rings (SSSR count). The van der Waals surface area contributed by atoms with Crippen molar-refractivity contribution in [3.63, 3.8) is 0 Å². The summed E-state index contributed by atoms with van der Waals surface area (Å²) >= 11 is 0. The minimum Gasteiger partial charge on any atom is -0.310 e. The van der Waals surface area contributed by atoms with Crippen LogP contribution in [-0.4, -0.2) is 8.80 Å². The van der Waals surface area contributed by atoms with Gasteiger partial charge in [-0.25, -0.2) is 8.78 Å². The second kappa shape index (κ2) is 12.3. The fourth-order valence-corrected chi connectivity index (χ4v) is 10.1. The molecular weight excluding hydrogens is 743 g/mol. The first-order valence-electron chi connectivity index (χ1n) is 20.2. The molecular formula is C54H32F2N4. The number of hydrogen-bond acceptors (Lipinski definition) is 2. The van der Waals surface area contributed by atoms with Gasteiger partial charge in [-0.1, -0.05) is 109 Å². The van der Waals surface area contributed by atoms with Crippen LogP contribution < -0.4 is 9.80 Å². The van der Waals surface area contributed by atoms with Crippen molar-refractivity contribution in [2.24, 2.45) is 0 Å². The first-order valence-corrected chi connectivity index (χ1v) is 20.2. The van der Waals surface area contributed by atoms with Gasteiger partial charge in [0.1, 0.15) is 11.6 Å². The van der Waals surface area contributed by atoms with Gasteiger partial charge in [0.05, 0.1) is 44.5 Å². The zero-order chi connectivity index (χ0) is 39.6. The highest BCUT2D eigenvalue weighted by molar-refractivity contribution is 6.32. The molecule has 4 heterocycles. The Balaban J connectivity index is 1.16. The Hall–Kier alpha value is -7.96. The van der Waals surface area contributed by atoms with Gasteiger partial charge in [0.2, 0.25) is 0 Å². The van der Waals surface area contributed by atoms with E-state index in [-0.39, 0.29) is 11.6 Å². The lowest BCUT2D eigenvalue weighted by molar-refractivity contribution is 0.636. The third kappa shape index (κ3) is 4.37. The van der Waals surface area contributed by atoms with Gasteiger partial charge in [-0.05, 0) is 84.9 Å². The first-order chi connectivity index (χ1) is 29.7. The summed E-state index contributed by atoms with van der Waals surface area (Å²) in [5.74, 6) is -0.569. The van der Waals surface area contributed by atoms with E-state index in [2.05, 4.69) is 104 Å². The average Bonchev–Trinajstić information content (AvgIpc) is 4.02. The van der Waals surface area contributed by atoms with Crippen LogP contribution >= 0.6 is 0 Å². The van der Waals surface area contributed by atoms with E-state index in [4.69, 9.17) is 0 Å². The monoisotopic (exact) mass is 774 g/mol. The highest BCUT2D eigenvalue weighted by Crippen LogP contribution is 2.51. The third-order valence-electron chi connectivity index (χ3n) is 12.4. The molecule has 0 N–H and O–H groups in total. The molecule has 0 bridgehead atoms. The van der Waals surface area contributed by atoms with E-state index in [0.717, 1.165) is 99.3 Å². The molecule has 0 aliphatic heterocycles. The van der Waals surface area contributed by atoms with Crippen molar-refractivity contribution in [3.05, 3.63) is 206 Å². The number of halogens is 2. The molecule has 4 aromatic heterocycles. The standard InChI is InChI=1S/C54H32F2N4/c55-43-25-13-23-39-49-45(57(33-15-5-1-6-16-33)34-17-7-2-8-18-34)29-27-37-41-31-48-42(32-47(41)59(51(39)43)53(37)49)38-28-30-46(50-40-24-14-26-44(56)52(40)60(48)54(38)50)58(35-19-9-3-10-20-35)36-21-11-4-12-22-36/h1-32H. The molecule has 0 amide bonds. The average molecular weight is 775 g/mol. The molecule has 0 aliphatic carbocycles. The van der Waals surface area contributed by atoms with Crippen LogP contribution in [0.25, 0.3) is 76.2 Å². The maximum atomic E-state index is 16.5. The van der Waals surface area contributed by atoms with Crippen LogP contribution in [0.1, 0.15) is 0 Å². The Labute approximate surface area is 342 Å². The van der Waals surface area contributed by atoms with Crippen LogP contribution in [0.2, 0.25) is 0 Å². The highest BCUT2D eigenvalue weighted by atomic mass is 19.1. The van der Waals surface area contributed by atoms with Gasteiger partial charge < -0.3 is 18.6 Å². The van der Waals surface area contributed by atoms with Gasteiger partial charge in [-0.3, -0.25) is 0 Å². The van der Waals surface area contributed by atoms with Crippen molar-refractivity contribution in [3.8, 4) is 0 Å². The van der Waals surface area contributed by atoms with E-state index in [0.29, 0.717) is 11.0 Å². The molecule has 6 heteroatoms. The number of hydrogen-bond donors (Lipinski definition) is 0. The van der Waals surface area contributed by atoms with Gasteiger partial charge in [-0.2, -0.15) is 0 Å². The summed E-state index contributed by atoms with van der Waals surface area (Å²) in [6.45, 7) is 0. The second-order valence-electron chi connectivity index (χ2n) is 15.6. The summed E-state index contributed by atoms with van der Waals surface area (Å²) in [6.07, 6.45) is 0. The fraction of sp³-hybridized carbons (Fsp3) is 0. The quantitative estimate of drug-likeness (QED) is 0.167. The summed E-state index contributed by atoms with van der Waals surface area (Å²) in [4.78, 5) is 4.51. The summed E-state index contributed by atoms with van der Waals surface area (Å²) < 4.78 is 37.3. The van der Waals surface area contributed by atoms with Crippen molar-refractivity contribution in [2.45, 2.75) is 0 Å². The maximum absolute atomic E-state index is 16.5. The Morgan fingerprint density at radius 2 is 0.650 bits per heavy atom. The topological polar surface area (TPSA) is 15.3 Å². The summed E-state index contributed by atoms with van der Waals surface area (Å²) in [7, 11) is 0. The fourth-order valence-electron chi connectivity index (χ4n) is 10.1. The lowest BCUT2D eigenvalue weighted by atomic mass is 10.0. The van der Waals surface area contributed by atoms with E-state index in [1.165, 1.54) is 0 Å². The second-order valence-corrected chi connectivity index (χ2v) is 15.6. The smallest absolute Gasteiger partial charge is 0.147 e. The van der Waals surface area contributed by atoms with Gasteiger partial charge >= 0.3 is 0 Å². The predicted molar refractivity (Wildman–Crippen MR) is 245 cm³/mol. The van der Waals surface area contributed by atoms with Crippen molar-refractivity contribution in [1.82, 2.24) is 8.80 Å². The van der Waals surface area contributed by atoms with E-state index in [9.17, 15) is 0 Å². The molecule has 13 aromatic rings. The summed E-state index contributed by atoms with van der Waals surface area (Å²) in [5, 5.41) is 7.60. The normalized spacial score (nSPS) is 12.2. The molecule has 60 heavy (non-hydrogen) atoms. The Kier molecular flexibility index (Phi) is 6.76. The number of anilines is 6. The SMILES string of the molecule is Fc1cccc2c3c(N(c4ccccc4)c4ccccc4)ccc4c5cc6c(cc5n(c12)c43)c1ccc(N(c2ccccc2)c2ccccc2)c2c3cccc(F)c3n6c12. The van der Waals surface area contributed by atoms with Gasteiger partial charge in [0, 0.05) is 65.8 Å². The molecule has 4 nitrogen and oxygen atoms in total. The molecule has 0 radical (unpaired) electrons. The van der Waals surface area contributed by atoms with Crippen molar-refractivity contribution >= 4 is 110 Å². The van der Waals surface area contributed by atoms with E-state index < -0.39 is 0 Å². The Morgan fingerprint density at radius 3 is 1.00 bits per heavy atom. The van der Waals surface area contributed by atoms with Crippen LogP contribution in [-0.2, 0) is 0 Å². The zero-order valence-electron chi connectivity index (χ0n) is 32.0.